The molecule has 1 saturated carbocycles. The minimum atomic E-state index is -0.404. The van der Waals surface area contributed by atoms with Crippen LogP contribution in [-0.4, -0.2) is 31.9 Å². The molecule has 1 aliphatic rings. The van der Waals surface area contributed by atoms with Gasteiger partial charge in [0.05, 0.1) is 12.0 Å². The summed E-state index contributed by atoms with van der Waals surface area (Å²) < 4.78 is 21.8. The normalized spacial score (nSPS) is 15.3. The Morgan fingerprint density at radius 3 is 2.85 bits per heavy atom. The van der Waals surface area contributed by atoms with Crippen molar-refractivity contribution in [3.63, 3.8) is 0 Å². The molecule has 5 nitrogen and oxygen atoms in total. The van der Waals surface area contributed by atoms with Crippen molar-refractivity contribution in [1.82, 2.24) is 19.9 Å². The lowest BCUT2D eigenvalue weighted by Crippen LogP contribution is -2.11. The largest absolute Gasteiger partial charge is 0.332 e. The number of hydrogen-bond donors (Lipinski definition) is 0. The second kappa shape index (κ2) is 7.22. The summed E-state index contributed by atoms with van der Waals surface area (Å²) >= 11 is 11.6. The van der Waals surface area contributed by atoms with Crippen LogP contribution in [0.2, 0.25) is 5.02 Å². The molecule has 4 rings (SSSR count). The monoisotopic (exact) mass is 470 g/mol. The summed E-state index contributed by atoms with van der Waals surface area (Å²) in [7, 11) is 0. The van der Waals surface area contributed by atoms with Crippen molar-refractivity contribution in [2.45, 2.75) is 31.7 Å². The topological polar surface area (TPSA) is 56.7 Å². The van der Waals surface area contributed by atoms with Crippen LogP contribution in [-0.2, 0) is 12.0 Å². The van der Waals surface area contributed by atoms with Crippen molar-refractivity contribution in [2.24, 2.45) is 0 Å². The molecular weight excluding hydrogens is 455 g/mol. The highest BCUT2D eigenvalue weighted by Gasteiger charge is 2.51. The minimum absolute atomic E-state index is 0.357. The SMILES string of the molecule is CSCCn1nc(-c2nc(C3(c4ccc(F)cc4Cl)CC3)no2)c(C)c1Br. The molecule has 0 atom stereocenters. The average Bonchev–Trinajstić information content (AvgIpc) is 3.19. The summed E-state index contributed by atoms with van der Waals surface area (Å²) in [6, 6.07) is 4.45. The third-order valence-corrected chi connectivity index (χ3v) is 6.78. The first-order valence-electron chi connectivity index (χ1n) is 8.48. The van der Waals surface area contributed by atoms with E-state index in [0.29, 0.717) is 22.4 Å². The number of hydrogen-bond acceptors (Lipinski definition) is 5. The minimum Gasteiger partial charge on any atom is -0.332 e. The van der Waals surface area contributed by atoms with E-state index in [1.807, 2.05) is 11.6 Å². The van der Waals surface area contributed by atoms with Crippen LogP contribution in [0.3, 0.4) is 0 Å². The lowest BCUT2D eigenvalue weighted by molar-refractivity contribution is 0.416. The van der Waals surface area contributed by atoms with Gasteiger partial charge in [-0.2, -0.15) is 21.8 Å². The van der Waals surface area contributed by atoms with Gasteiger partial charge < -0.3 is 4.52 Å². The number of aromatic nitrogens is 4. The molecule has 0 N–H and O–H groups in total. The number of nitrogens with zero attached hydrogens (tertiary/aromatic N) is 4. The zero-order valence-electron chi connectivity index (χ0n) is 14.8. The van der Waals surface area contributed by atoms with Gasteiger partial charge >= 0.3 is 0 Å². The van der Waals surface area contributed by atoms with Crippen molar-refractivity contribution in [1.29, 1.82) is 0 Å². The Morgan fingerprint density at radius 2 is 2.19 bits per heavy atom. The highest BCUT2D eigenvalue weighted by atomic mass is 79.9. The van der Waals surface area contributed by atoms with E-state index in [0.717, 1.165) is 40.9 Å². The van der Waals surface area contributed by atoms with E-state index in [1.165, 1.54) is 12.1 Å². The molecule has 1 aromatic carbocycles. The maximum Gasteiger partial charge on any atom is 0.278 e. The second-order valence-corrected chi connectivity index (χ2v) is 8.75. The summed E-state index contributed by atoms with van der Waals surface area (Å²) in [6.45, 7) is 2.76. The van der Waals surface area contributed by atoms with Crippen molar-refractivity contribution >= 4 is 39.3 Å². The molecule has 0 amide bonds. The molecule has 0 bridgehead atoms. The fourth-order valence-corrected chi connectivity index (χ4v) is 4.34. The highest BCUT2D eigenvalue weighted by Crippen LogP contribution is 2.54. The van der Waals surface area contributed by atoms with Crippen LogP contribution < -0.4 is 0 Å². The molecule has 3 aromatic rings. The van der Waals surface area contributed by atoms with E-state index in [-0.39, 0.29) is 5.82 Å². The number of aryl methyl sites for hydroxylation is 1. The summed E-state index contributed by atoms with van der Waals surface area (Å²) in [6.07, 6.45) is 3.76. The number of thioether (sulfide) groups is 1. The van der Waals surface area contributed by atoms with Gasteiger partial charge in [0.15, 0.2) is 11.5 Å². The van der Waals surface area contributed by atoms with E-state index in [1.54, 1.807) is 17.8 Å². The zero-order valence-corrected chi connectivity index (χ0v) is 18.0. The van der Waals surface area contributed by atoms with Crippen LogP contribution in [0.1, 0.15) is 29.8 Å². The number of benzene rings is 1. The predicted octanol–water partition coefficient (Wildman–Crippen LogP) is 5.24. The Bertz CT molecular complexity index is 1000. The van der Waals surface area contributed by atoms with Crippen molar-refractivity contribution in [2.75, 3.05) is 12.0 Å². The van der Waals surface area contributed by atoms with Crippen LogP contribution in [0.5, 0.6) is 0 Å². The molecule has 1 fully saturated rings. The first-order chi connectivity index (χ1) is 13.0. The molecule has 9 heteroatoms. The van der Waals surface area contributed by atoms with Gasteiger partial charge in [-0.1, -0.05) is 22.8 Å². The maximum atomic E-state index is 13.4. The van der Waals surface area contributed by atoms with E-state index < -0.39 is 5.41 Å². The molecule has 27 heavy (non-hydrogen) atoms. The van der Waals surface area contributed by atoms with Crippen LogP contribution in [0.15, 0.2) is 27.3 Å². The van der Waals surface area contributed by atoms with Gasteiger partial charge in [0.2, 0.25) is 0 Å². The fraction of sp³-hybridized carbons (Fsp3) is 0.389. The molecule has 1 aliphatic carbocycles. The maximum absolute atomic E-state index is 13.4. The summed E-state index contributed by atoms with van der Waals surface area (Å²) in [4.78, 5) is 4.62. The molecule has 142 valence electrons. The van der Waals surface area contributed by atoms with E-state index >= 15 is 0 Å². The molecule has 0 radical (unpaired) electrons. The third kappa shape index (κ3) is 3.32. The Morgan fingerprint density at radius 1 is 1.41 bits per heavy atom. The first kappa shape index (κ1) is 19.0. The molecule has 0 unspecified atom stereocenters. The van der Waals surface area contributed by atoms with Crippen molar-refractivity contribution in [3.05, 3.63) is 50.6 Å². The lowest BCUT2D eigenvalue weighted by Gasteiger charge is -2.12. The van der Waals surface area contributed by atoms with Gasteiger partial charge in [-0.3, -0.25) is 4.68 Å². The molecule has 2 aromatic heterocycles. The number of rotatable bonds is 6. The van der Waals surface area contributed by atoms with Gasteiger partial charge in [0, 0.05) is 16.3 Å². The van der Waals surface area contributed by atoms with Crippen LogP contribution in [0, 0.1) is 12.7 Å². The summed E-state index contributed by atoms with van der Waals surface area (Å²) in [5.41, 5.74) is 2.05. The van der Waals surface area contributed by atoms with Crippen LogP contribution in [0.25, 0.3) is 11.6 Å². The van der Waals surface area contributed by atoms with Gasteiger partial charge in [0.25, 0.3) is 5.89 Å². The van der Waals surface area contributed by atoms with Crippen LogP contribution in [0.4, 0.5) is 4.39 Å². The van der Waals surface area contributed by atoms with Gasteiger partial charge in [-0.05, 0) is 59.6 Å². The van der Waals surface area contributed by atoms with E-state index in [9.17, 15) is 4.39 Å². The first-order valence-corrected chi connectivity index (χ1v) is 11.0. The smallest absolute Gasteiger partial charge is 0.278 e. The quantitative estimate of drug-likeness (QED) is 0.492. The Labute approximate surface area is 173 Å². The standard InChI is InChI=1S/C18H17BrClFN4OS/c1-10-14(23-25(15(10)19)7-8-27-2)16-22-17(24-26-16)18(5-6-18)12-4-3-11(21)9-13(12)20/h3-4,9H,5-8H2,1-2H3. The molecule has 0 aliphatic heterocycles. The molecule has 0 spiro atoms. The van der Waals surface area contributed by atoms with Gasteiger partial charge in [0.1, 0.15) is 10.4 Å². The Hall–Kier alpha value is -1.38. The summed E-state index contributed by atoms with van der Waals surface area (Å²) in [5, 5.41) is 9.21. The second-order valence-electron chi connectivity index (χ2n) is 6.61. The highest BCUT2D eigenvalue weighted by molar-refractivity contribution is 9.10. The zero-order chi connectivity index (χ0) is 19.2. The third-order valence-electron chi connectivity index (χ3n) is 4.87. The lowest BCUT2D eigenvalue weighted by atomic mass is 9.95. The van der Waals surface area contributed by atoms with E-state index in [4.69, 9.17) is 16.1 Å². The van der Waals surface area contributed by atoms with E-state index in [2.05, 4.69) is 37.4 Å². The molecular formula is C18H17BrClFN4OS. The van der Waals surface area contributed by atoms with Crippen LogP contribution >= 0.6 is 39.3 Å². The Balaban J connectivity index is 1.68. The van der Waals surface area contributed by atoms with Gasteiger partial charge in [-0.25, -0.2) is 4.39 Å². The average molecular weight is 472 g/mol. The predicted molar refractivity (Wildman–Crippen MR) is 108 cm³/mol. The number of halogens is 3. The Kier molecular flexibility index (Phi) is 5.07. The summed E-state index contributed by atoms with van der Waals surface area (Å²) in [5.74, 6) is 1.56. The van der Waals surface area contributed by atoms with Crippen molar-refractivity contribution in [3.8, 4) is 11.6 Å². The molecule has 2 heterocycles. The molecule has 0 saturated heterocycles. The van der Waals surface area contributed by atoms with Crippen molar-refractivity contribution < 1.29 is 8.91 Å². The fourth-order valence-electron chi connectivity index (χ4n) is 3.19. The van der Waals surface area contributed by atoms with Gasteiger partial charge in [-0.15, -0.1) is 0 Å².